The Bertz CT molecular complexity index is 648. The number of rotatable bonds is 4. The van der Waals surface area contributed by atoms with Gasteiger partial charge in [-0.2, -0.15) is 4.98 Å². The first-order chi connectivity index (χ1) is 9.65. The lowest BCUT2D eigenvalue weighted by Gasteiger charge is -2.09. The molecule has 0 radical (unpaired) electrons. The van der Waals surface area contributed by atoms with Crippen molar-refractivity contribution in [1.82, 2.24) is 9.97 Å². The van der Waals surface area contributed by atoms with Gasteiger partial charge in [0.05, 0.1) is 5.02 Å². The lowest BCUT2D eigenvalue weighted by molar-refractivity contribution is 0.457. The molecule has 0 unspecified atom stereocenters. The molecule has 5 nitrogen and oxygen atoms in total. The molecule has 1 aliphatic carbocycles. The zero-order valence-electron chi connectivity index (χ0n) is 10.4. The number of nitrogens with one attached hydrogen (secondary N) is 1. The van der Waals surface area contributed by atoms with Crippen LogP contribution >= 0.6 is 11.6 Å². The summed E-state index contributed by atoms with van der Waals surface area (Å²) < 4.78 is 18.7. The molecule has 0 saturated heterocycles. The maximum atomic E-state index is 13.1. The van der Waals surface area contributed by atoms with Crippen molar-refractivity contribution in [3.8, 4) is 11.6 Å². The minimum absolute atomic E-state index is 0.00357. The number of nitrogens with zero attached hydrogens (tertiary/aromatic N) is 2. The normalized spacial score (nSPS) is 14.2. The molecule has 7 heteroatoms. The van der Waals surface area contributed by atoms with Crippen LogP contribution in [0.15, 0.2) is 24.3 Å². The molecule has 0 bridgehead atoms. The number of nitrogen functional groups attached to an aromatic ring is 1. The average Bonchev–Trinajstić information content (AvgIpc) is 3.27. The maximum absolute atomic E-state index is 13.1. The number of halogens is 2. The summed E-state index contributed by atoms with van der Waals surface area (Å²) in [5, 5.41) is -0.00357. The van der Waals surface area contributed by atoms with Gasteiger partial charge >= 0.3 is 0 Å². The molecule has 1 aromatic carbocycles. The minimum atomic E-state index is -0.496. The number of hydrazine groups is 1. The van der Waals surface area contributed by atoms with Gasteiger partial charge in [-0.25, -0.2) is 15.2 Å². The Balaban J connectivity index is 1.88. The highest BCUT2D eigenvalue weighted by molar-refractivity contribution is 6.30. The number of anilines is 1. The lowest BCUT2D eigenvalue weighted by Crippen LogP contribution is -2.10. The summed E-state index contributed by atoms with van der Waals surface area (Å²) in [5.74, 6) is 7.17. The molecule has 0 atom stereocenters. The standard InChI is InChI=1S/C13H12ClFN4O/c14-9-5-8(3-4-10(9)15)20-12-6-11(19-16)17-13(18-12)7-1-2-7/h3-7H,1-2,16H2,(H,17,18,19). The maximum Gasteiger partial charge on any atom is 0.224 e. The highest BCUT2D eigenvalue weighted by atomic mass is 35.5. The van der Waals surface area contributed by atoms with Gasteiger partial charge in [0.25, 0.3) is 0 Å². The Morgan fingerprint density at radius 3 is 2.75 bits per heavy atom. The van der Waals surface area contributed by atoms with Crippen LogP contribution in [-0.4, -0.2) is 9.97 Å². The zero-order valence-corrected chi connectivity index (χ0v) is 11.2. The van der Waals surface area contributed by atoms with E-state index in [9.17, 15) is 4.39 Å². The summed E-state index contributed by atoms with van der Waals surface area (Å²) in [6, 6.07) is 5.69. The second kappa shape index (κ2) is 5.22. The van der Waals surface area contributed by atoms with E-state index in [1.807, 2.05) is 0 Å². The summed E-state index contributed by atoms with van der Waals surface area (Å²) in [4.78, 5) is 8.60. The third kappa shape index (κ3) is 2.81. The molecule has 3 N–H and O–H groups in total. The monoisotopic (exact) mass is 294 g/mol. The van der Waals surface area contributed by atoms with Crippen LogP contribution in [0.25, 0.3) is 0 Å². The molecule has 1 saturated carbocycles. The fraction of sp³-hybridized carbons (Fsp3) is 0.231. The van der Waals surface area contributed by atoms with Crippen LogP contribution in [0, 0.1) is 5.82 Å². The molecule has 104 valence electrons. The number of hydrogen-bond donors (Lipinski definition) is 2. The molecule has 0 spiro atoms. The van der Waals surface area contributed by atoms with E-state index >= 15 is 0 Å². The van der Waals surface area contributed by atoms with E-state index in [0.29, 0.717) is 29.2 Å². The Morgan fingerprint density at radius 2 is 2.10 bits per heavy atom. The van der Waals surface area contributed by atoms with E-state index in [2.05, 4.69) is 15.4 Å². The predicted octanol–water partition coefficient (Wildman–Crippen LogP) is 3.22. The summed E-state index contributed by atoms with van der Waals surface area (Å²) >= 11 is 5.71. The van der Waals surface area contributed by atoms with Crippen LogP contribution in [-0.2, 0) is 0 Å². The second-order valence-electron chi connectivity index (χ2n) is 4.55. The van der Waals surface area contributed by atoms with Crippen molar-refractivity contribution >= 4 is 17.4 Å². The third-order valence-electron chi connectivity index (χ3n) is 2.92. The molecule has 1 heterocycles. The number of nitrogens with two attached hydrogens (primary N) is 1. The summed E-state index contributed by atoms with van der Waals surface area (Å²) in [5.41, 5.74) is 2.48. The fourth-order valence-electron chi connectivity index (χ4n) is 1.75. The molecule has 2 aromatic rings. The Morgan fingerprint density at radius 1 is 1.30 bits per heavy atom. The van der Waals surface area contributed by atoms with Crippen LogP contribution in [0.5, 0.6) is 11.6 Å². The van der Waals surface area contributed by atoms with E-state index in [-0.39, 0.29) is 5.02 Å². The number of benzene rings is 1. The zero-order chi connectivity index (χ0) is 14.1. The average molecular weight is 295 g/mol. The molecular formula is C13H12ClFN4O. The first-order valence-electron chi connectivity index (χ1n) is 6.14. The molecule has 1 aliphatic rings. The van der Waals surface area contributed by atoms with E-state index in [1.54, 1.807) is 6.07 Å². The highest BCUT2D eigenvalue weighted by Gasteiger charge is 2.27. The van der Waals surface area contributed by atoms with Gasteiger partial charge in [0.2, 0.25) is 5.88 Å². The van der Waals surface area contributed by atoms with Crippen molar-refractivity contribution in [2.75, 3.05) is 5.43 Å². The van der Waals surface area contributed by atoms with Gasteiger partial charge in [-0.05, 0) is 25.0 Å². The van der Waals surface area contributed by atoms with Crippen molar-refractivity contribution in [3.63, 3.8) is 0 Å². The van der Waals surface area contributed by atoms with Crippen molar-refractivity contribution in [3.05, 3.63) is 40.9 Å². The summed E-state index contributed by atoms with van der Waals surface area (Å²) in [7, 11) is 0. The van der Waals surface area contributed by atoms with Crippen LogP contribution in [0.4, 0.5) is 10.2 Å². The van der Waals surface area contributed by atoms with Gasteiger partial charge in [0.1, 0.15) is 23.2 Å². The molecule has 3 rings (SSSR count). The summed E-state index contributed by atoms with van der Waals surface area (Å²) in [6.45, 7) is 0. The van der Waals surface area contributed by atoms with Gasteiger partial charge in [0.15, 0.2) is 0 Å². The van der Waals surface area contributed by atoms with E-state index < -0.39 is 5.82 Å². The predicted molar refractivity (Wildman–Crippen MR) is 73.3 cm³/mol. The Labute approximate surface area is 119 Å². The van der Waals surface area contributed by atoms with Crippen molar-refractivity contribution in [1.29, 1.82) is 0 Å². The quantitative estimate of drug-likeness (QED) is 0.669. The van der Waals surface area contributed by atoms with E-state index in [1.165, 1.54) is 18.2 Å². The number of aromatic nitrogens is 2. The van der Waals surface area contributed by atoms with Crippen LogP contribution < -0.4 is 16.0 Å². The molecule has 0 amide bonds. The van der Waals surface area contributed by atoms with Crippen molar-refractivity contribution in [2.24, 2.45) is 5.84 Å². The van der Waals surface area contributed by atoms with Crippen LogP contribution in [0.3, 0.4) is 0 Å². The van der Waals surface area contributed by atoms with Crippen LogP contribution in [0.1, 0.15) is 24.6 Å². The molecular weight excluding hydrogens is 283 g/mol. The molecule has 0 aliphatic heterocycles. The van der Waals surface area contributed by atoms with Gasteiger partial charge in [-0.1, -0.05) is 11.6 Å². The first kappa shape index (κ1) is 13.1. The minimum Gasteiger partial charge on any atom is -0.439 e. The fourth-order valence-corrected chi connectivity index (χ4v) is 1.92. The van der Waals surface area contributed by atoms with E-state index in [0.717, 1.165) is 12.8 Å². The molecule has 20 heavy (non-hydrogen) atoms. The topological polar surface area (TPSA) is 73.1 Å². The van der Waals surface area contributed by atoms with Crippen LogP contribution in [0.2, 0.25) is 5.02 Å². The first-order valence-corrected chi connectivity index (χ1v) is 6.52. The highest BCUT2D eigenvalue weighted by Crippen LogP contribution is 2.39. The van der Waals surface area contributed by atoms with Crippen molar-refractivity contribution < 1.29 is 9.13 Å². The van der Waals surface area contributed by atoms with Crippen molar-refractivity contribution in [2.45, 2.75) is 18.8 Å². The van der Waals surface area contributed by atoms with Gasteiger partial charge in [-0.3, -0.25) is 0 Å². The molecule has 1 aromatic heterocycles. The smallest absolute Gasteiger partial charge is 0.224 e. The van der Waals surface area contributed by atoms with Gasteiger partial charge < -0.3 is 10.2 Å². The Hall–Kier alpha value is -1.92. The van der Waals surface area contributed by atoms with Gasteiger partial charge in [0, 0.05) is 18.1 Å². The largest absolute Gasteiger partial charge is 0.439 e. The van der Waals surface area contributed by atoms with Gasteiger partial charge in [-0.15, -0.1) is 0 Å². The third-order valence-corrected chi connectivity index (χ3v) is 3.21. The Kier molecular flexibility index (Phi) is 3.42. The number of ether oxygens (including phenoxy) is 1. The van der Waals surface area contributed by atoms with E-state index in [4.69, 9.17) is 22.2 Å². The lowest BCUT2D eigenvalue weighted by atomic mass is 10.3. The summed E-state index contributed by atoms with van der Waals surface area (Å²) in [6.07, 6.45) is 2.13. The molecule has 1 fully saturated rings. The SMILES string of the molecule is NNc1cc(Oc2ccc(F)c(Cl)c2)nc(C2CC2)n1. The second-order valence-corrected chi connectivity index (χ2v) is 4.95. The number of hydrogen-bond acceptors (Lipinski definition) is 5.